The van der Waals surface area contributed by atoms with Gasteiger partial charge in [-0.15, -0.1) is 0 Å². The molecule has 1 aromatic rings. The first-order chi connectivity index (χ1) is 8.60. The molecular weight excluding hydrogens is 251 g/mol. The number of benzene rings is 1. The molecule has 0 amide bonds. The van der Waals surface area contributed by atoms with Gasteiger partial charge in [-0.2, -0.15) is 0 Å². The lowest BCUT2D eigenvalue weighted by Gasteiger charge is -2.36. The van der Waals surface area contributed by atoms with Crippen LogP contribution < -0.4 is 5.73 Å². The molecule has 2 N–H and O–H groups in total. The third-order valence-electron chi connectivity index (χ3n) is 3.81. The van der Waals surface area contributed by atoms with Gasteiger partial charge in [-0.1, -0.05) is 31.0 Å². The lowest BCUT2D eigenvalue weighted by atomic mass is 9.90. The van der Waals surface area contributed by atoms with Crippen molar-refractivity contribution < 1.29 is 4.39 Å². The van der Waals surface area contributed by atoms with E-state index < -0.39 is 0 Å². The van der Waals surface area contributed by atoms with Gasteiger partial charge in [0.15, 0.2) is 0 Å². The van der Waals surface area contributed by atoms with Crippen molar-refractivity contribution in [2.45, 2.75) is 32.4 Å². The molecule has 0 aliphatic carbocycles. The van der Waals surface area contributed by atoms with Crippen molar-refractivity contribution in [3.63, 3.8) is 0 Å². The minimum Gasteiger partial charge on any atom is -0.327 e. The highest BCUT2D eigenvalue weighted by atomic mass is 35.5. The molecule has 1 aliphatic heterocycles. The predicted molar refractivity (Wildman–Crippen MR) is 73.1 cm³/mol. The summed E-state index contributed by atoms with van der Waals surface area (Å²) in [6.07, 6.45) is 2.13. The second kappa shape index (κ2) is 6.00. The highest BCUT2D eigenvalue weighted by Gasteiger charge is 2.25. The van der Waals surface area contributed by atoms with E-state index in [4.69, 9.17) is 17.3 Å². The van der Waals surface area contributed by atoms with Crippen LogP contribution in [0.2, 0.25) is 5.02 Å². The van der Waals surface area contributed by atoms with Crippen molar-refractivity contribution in [3.8, 4) is 0 Å². The monoisotopic (exact) mass is 270 g/mol. The van der Waals surface area contributed by atoms with Gasteiger partial charge in [-0.05, 0) is 36.6 Å². The standard InChI is InChI=1S/C14H20ClFN2/c1-2-10-8-18(6-5-14(10)17)9-11-3-4-12(16)7-13(11)15/h3-4,7,10,14H,2,5-6,8-9,17H2,1H3. The third-order valence-corrected chi connectivity index (χ3v) is 4.16. The number of likely N-dealkylation sites (tertiary alicyclic amines) is 1. The van der Waals surface area contributed by atoms with E-state index >= 15 is 0 Å². The highest BCUT2D eigenvalue weighted by Crippen LogP contribution is 2.23. The fraction of sp³-hybridized carbons (Fsp3) is 0.571. The van der Waals surface area contributed by atoms with Crippen molar-refractivity contribution in [2.24, 2.45) is 11.7 Å². The molecule has 0 saturated carbocycles. The van der Waals surface area contributed by atoms with Gasteiger partial charge in [0.25, 0.3) is 0 Å². The fourth-order valence-electron chi connectivity index (χ4n) is 2.59. The molecule has 4 heteroatoms. The van der Waals surface area contributed by atoms with Crippen molar-refractivity contribution >= 4 is 11.6 Å². The molecule has 1 fully saturated rings. The maximum Gasteiger partial charge on any atom is 0.124 e. The number of nitrogens with zero attached hydrogens (tertiary/aromatic N) is 1. The number of piperidine rings is 1. The molecule has 18 heavy (non-hydrogen) atoms. The molecule has 1 aromatic carbocycles. The molecule has 1 heterocycles. The minimum atomic E-state index is -0.282. The molecule has 0 bridgehead atoms. The molecule has 0 aromatic heterocycles. The Kier molecular flexibility index (Phi) is 4.60. The van der Waals surface area contributed by atoms with Crippen LogP contribution in [0.5, 0.6) is 0 Å². The Morgan fingerprint density at radius 1 is 1.50 bits per heavy atom. The van der Waals surface area contributed by atoms with Gasteiger partial charge >= 0.3 is 0 Å². The zero-order valence-corrected chi connectivity index (χ0v) is 11.5. The summed E-state index contributed by atoms with van der Waals surface area (Å²) in [7, 11) is 0. The maximum absolute atomic E-state index is 13.0. The average molecular weight is 271 g/mol. The number of rotatable bonds is 3. The summed E-state index contributed by atoms with van der Waals surface area (Å²) in [6, 6.07) is 4.93. The van der Waals surface area contributed by atoms with Crippen LogP contribution in [0.1, 0.15) is 25.3 Å². The molecular formula is C14H20ClFN2. The van der Waals surface area contributed by atoms with Crippen LogP contribution in [0.15, 0.2) is 18.2 Å². The van der Waals surface area contributed by atoms with Crippen molar-refractivity contribution in [1.29, 1.82) is 0 Å². The highest BCUT2D eigenvalue weighted by molar-refractivity contribution is 6.31. The smallest absolute Gasteiger partial charge is 0.124 e. The molecule has 2 rings (SSSR count). The number of hydrogen-bond donors (Lipinski definition) is 1. The van der Waals surface area contributed by atoms with Gasteiger partial charge in [0.1, 0.15) is 5.82 Å². The average Bonchev–Trinajstić information content (AvgIpc) is 2.35. The normalized spacial score (nSPS) is 25.3. The minimum absolute atomic E-state index is 0.282. The van der Waals surface area contributed by atoms with Crippen molar-refractivity contribution in [2.75, 3.05) is 13.1 Å². The van der Waals surface area contributed by atoms with Crippen LogP contribution >= 0.6 is 11.6 Å². The van der Waals surface area contributed by atoms with E-state index in [0.29, 0.717) is 17.0 Å². The van der Waals surface area contributed by atoms with Gasteiger partial charge in [0.2, 0.25) is 0 Å². The fourth-order valence-corrected chi connectivity index (χ4v) is 2.82. The Balaban J connectivity index is 2.01. The molecule has 0 spiro atoms. The molecule has 2 atom stereocenters. The summed E-state index contributed by atoms with van der Waals surface area (Å²) in [5.74, 6) is 0.272. The Morgan fingerprint density at radius 3 is 2.94 bits per heavy atom. The van der Waals surface area contributed by atoms with Crippen LogP contribution in [0.25, 0.3) is 0 Å². The van der Waals surface area contributed by atoms with E-state index in [-0.39, 0.29) is 5.82 Å². The van der Waals surface area contributed by atoms with Crippen LogP contribution in [-0.2, 0) is 6.54 Å². The number of halogens is 2. The summed E-state index contributed by atoms with van der Waals surface area (Å²) < 4.78 is 13.0. The molecule has 0 radical (unpaired) electrons. The van der Waals surface area contributed by atoms with Gasteiger partial charge < -0.3 is 5.73 Å². The second-order valence-corrected chi connectivity index (χ2v) is 5.50. The van der Waals surface area contributed by atoms with Gasteiger partial charge in [-0.25, -0.2) is 4.39 Å². The summed E-state index contributed by atoms with van der Waals surface area (Å²) in [5, 5.41) is 0.512. The quantitative estimate of drug-likeness (QED) is 0.915. The first kappa shape index (κ1) is 13.8. The second-order valence-electron chi connectivity index (χ2n) is 5.09. The van der Waals surface area contributed by atoms with Crippen molar-refractivity contribution in [1.82, 2.24) is 4.90 Å². The van der Waals surface area contributed by atoms with E-state index in [2.05, 4.69) is 11.8 Å². The molecule has 1 aliphatic rings. The summed E-state index contributed by atoms with van der Waals surface area (Å²) in [4.78, 5) is 2.36. The first-order valence-corrected chi connectivity index (χ1v) is 6.89. The van der Waals surface area contributed by atoms with E-state index in [1.54, 1.807) is 6.07 Å². The van der Waals surface area contributed by atoms with Gasteiger partial charge in [-0.3, -0.25) is 4.90 Å². The van der Waals surface area contributed by atoms with E-state index in [1.165, 1.54) is 12.1 Å². The lowest BCUT2D eigenvalue weighted by molar-refractivity contribution is 0.145. The van der Waals surface area contributed by atoms with Crippen LogP contribution in [-0.4, -0.2) is 24.0 Å². The molecule has 1 saturated heterocycles. The largest absolute Gasteiger partial charge is 0.327 e. The molecule has 100 valence electrons. The van der Waals surface area contributed by atoms with Crippen LogP contribution in [0, 0.1) is 11.7 Å². The molecule has 2 nitrogen and oxygen atoms in total. The Labute approximate surface area is 113 Å². The zero-order valence-electron chi connectivity index (χ0n) is 10.7. The molecule has 2 unspecified atom stereocenters. The van der Waals surface area contributed by atoms with Crippen molar-refractivity contribution in [3.05, 3.63) is 34.6 Å². The first-order valence-electron chi connectivity index (χ1n) is 6.52. The van der Waals surface area contributed by atoms with Gasteiger partial charge in [0.05, 0.1) is 0 Å². The lowest BCUT2D eigenvalue weighted by Crippen LogP contribution is -2.46. The zero-order chi connectivity index (χ0) is 13.1. The topological polar surface area (TPSA) is 29.3 Å². The van der Waals surface area contributed by atoms with Crippen LogP contribution in [0.3, 0.4) is 0 Å². The maximum atomic E-state index is 13.0. The Hall–Kier alpha value is -0.640. The Bertz CT molecular complexity index is 411. The summed E-state index contributed by atoms with van der Waals surface area (Å²) in [5.41, 5.74) is 7.08. The SMILES string of the molecule is CCC1CN(Cc2ccc(F)cc2Cl)CCC1N. The Morgan fingerprint density at radius 2 is 2.28 bits per heavy atom. The third kappa shape index (κ3) is 3.22. The van der Waals surface area contributed by atoms with Crippen LogP contribution in [0.4, 0.5) is 4.39 Å². The van der Waals surface area contributed by atoms with E-state index in [0.717, 1.165) is 38.0 Å². The summed E-state index contributed by atoms with van der Waals surface area (Å²) in [6.45, 7) is 4.96. The number of hydrogen-bond acceptors (Lipinski definition) is 2. The summed E-state index contributed by atoms with van der Waals surface area (Å²) >= 11 is 6.06. The van der Waals surface area contributed by atoms with E-state index in [9.17, 15) is 4.39 Å². The van der Waals surface area contributed by atoms with Gasteiger partial charge in [0, 0.05) is 24.2 Å². The van der Waals surface area contributed by atoms with E-state index in [1.807, 2.05) is 0 Å². The number of nitrogens with two attached hydrogens (primary N) is 1. The predicted octanol–water partition coefficient (Wildman–Crippen LogP) is 3.04.